The van der Waals surface area contributed by atoms with Gasteiger partial charge in [0.1, 0.15) is 5.82 Å². The van der Waals surface area contributed by atoms with E-state index in [1.54, 1.807) is 19.2 Å². The Hall–Kier alpha value is -3.55. The van der Waals surface area contributed by atoms with Gasteiger partial charge in [0.25, 0.3) is 5.91 Å². The lowest BCUT2D eigenvalue weighted by Crippen LogP contribution is -2.38. The number of likely N-dealkylation sites (tertiary alicyclic amines) is 1. The molecule has 8 heteroatoms. The number of fused-ring (bicyclic) bond motifs is 1. The standard InChI is InChI=1S/C34H41ClN4O3/c1-4-5-21-39(34(40)26-17-18-30(41-2)32(42-3)31(26)35)29(33-36-27-15-9-10-16-28(27)37-33)22-24-13-7-8-14-25(24)23-38-19-11-6-12-20-38/h7-10,13-18,29H,4-6,11-12,19-23H2,1-3H3,(H,36,37). The number of nitrogens with one attached hydrogen (secondary N) is 1. The van der Waals surface area contributed by atoms with Gasteiger partial charge in [-0.05, 0) is 67.7 Å². The Labute approximate surface area is 253 Å². The number of imidazole rings is 1. The molecule has 1 aliphatic heterocycles. The molecule has 0 bridgehead atoms. The van der Waals surface area contributed by atoms with E-state index in [-0.39, 0.29) is 17.0 Å². The highest BCUT2D eigenvalue weighted by atomic mass is 35.5. The fourth-order valence-electron chi connectivity index (χ4n) is 5.90. The van der Waals surface area contributed by atoms with Gasteiger partial charge in [-0.15, -0.1) is 0 Å². The van der Waals surface area contributed by atoms with Crippen LogP contribution >= 0.6 is 11.6 Å². The molecule has 2 heterocycles. The van der Waals surface area contributed by atoms with Crippen LogP contribution in [0.4, 0.5) is 0 Å². The number of ether oxygens (including phenoxy) is 2. The van der Waals surface area contributed by atoms with Crippen molar-refractivity contribution in [2.45, 2.75) is 58.0 Å². The van der Waals surface area contributed by atoms with Crippen molar-refractivity contribution in [1.82, 2.24) is 19.8 Å². The van der Waals surface area contributed by atoms with Crippen LogP contribution in [0.3, 0.4) is 0 Å². The minimum atomic E-state index is -0.330. The summed E-state index contributed by atoms with van der Waals surface area (Å²) in [5.74, 6) is 1.45. The summed E-state index contributed by atoms with van der Waals surface area (Å²) in [5.41, 5.74) is 4.74. The lowest BCUT2D eigenvalue weighted by molar-refractivity contribution is 0.0663. The summed E-state index contributed by atoms with van der Waals surface area (Å²) in [4.78, 5) is 27.5. The summed E-state index contributed by atoms with van der Waals surface area (Å²) in [5, 5.41) is 0.247. The summed E-state index contributed by atoms with van der Waals surface area (Å²) in [7, 11) is 3.09. The normalized spacial score (nSPS) is 14.6. The van der Waals surface area contributed by atoms with E-state index in [0.29, 0.717) is 30.0 Å². The summed E-state index contributed by atoms with van der Waals surface area (Å²) >= 11 is 6.79. The van der Waals surface area contributed by atoms with Crippen LogP contribution in [-0.2, 0) is 13.0 Å². The molecule has 0 spiro atoms. The van der Waals surface area contributed by atoms with E-state index < -0.39 is 0 Å². The van der Waals surface area contributed by atoms with Crippen LogP contribution in [0.25, 0.3) is 11.0 Å². The van der Waals surface area contributed by atoms with Crippen molar-refractivity contribution in [2.24, 2.45) is 0 Å². The molecule has 1 fully saturated rings. The Bertz CT molecular complexity index is 1460. The number of halogens is 1. The van der Waals surface area contributed by atoms with E-state index in [2.05, 4.69) is 41.1 Å². The molecular formula is C34H41ClN4O3. The first-order valence-electron chi connectivity index (χ1n) is 15.0. The van der Waals surface area contributed by atoms with Crippen LogP contribution in [-0.4, -0.2) is 59.5 Å². The van der Waals surface area contributed by atoms with Gasteiger partial charge in [-0.3, -0.25) is 9.69 Å². The third kappa shape index (κ3) is 6.58. The molecule has 1 atom stereocenters. The molecule has 0 radical (unpaired) electrons. The zero-order chi connectivity index (χ0) is 29.5. The molecule has 4 aromatic rings. The Balaban J connectivity index is 1.57. The Morgan fingerprint density at radius 2 is 1.74 bits per heavy atom. The van der Waals surface area contributed by atoms with Crippen molar-refractivity contribution in [3.63, 3.8) is 0 Å². The minimum absolute atomic E-state index is 0.159. The number of unbranched alkanes of at least 4 members (excludes halogenated alkanes) is 1. The zero-order valence-electron chi connectivity index (χ0n) is 24.9. The molecule has 0 saturated carbocycles. The molecule has 0 aliphatic carbocycles. The number of nitrogens with zero attached hydrogens (tertiary/aromatic N) is 3. The first-order valence-corrected chi connectivity index (χ1v) is 15.4. The molecule has 3 aromatic carbocycles. The predicted molar refractivity (Wildman–Crippen MR) is 169 cm³/mol. The Morgan fingerprint density at radius 1 is 1.00 bits per heavy atom. The largest absolute Gasteiger partial charge is 0.493 e. The summed E-state index contributed by atoms with van der Waals surface area (Å²) in [6, 6.07) is 19.8. The monoisotopic (exact) mass is 588 g/mol. The van der Waals surface area contributed by atoms with Gasteiger partial charge >= 0.3 is 0 Å². The number of hydrogen-bond acceptors (Lipinski definition) is 5. The first kappa shape index (κ1) is 29.9. The summed E-state index contributed by atoms with van der Waals surface area (Å²) < 4.78 is 11.0. The van der Waals surface area contributed by atoms with Crippen molar-refractivity contribution in [3.05, 3.63) is 88.2 Å². The van der Waals surface area contributed by atoms with Crippen molar-refractivity contribution in [2.75, 3.05) is 33.9 Å². The van der Waals surface area contributed by atoms with Crippen LogP contribution in [0.1, 0.15) is 72.4 Å². The average Bonchev–Trinajstić information content (AvgIpc) is 3.45. The predicted octanol–water partition coefficient (Wildman–Crippen LogP) is 7.45. The van der Waals surface area contributed by atoms with Gasteiger partial charge in [-0.1, -0.05) is 67.8 Å². The van der Waals surface area contributed by atoms with Gasteiger partial charge in [0.15, 0.2) is 11.5 Å². The molecule has 7 nitrogen and oxygen atoms in total. The first-order chi connectivity index (χ1) is 20.5. The van der Waals surface area contributed by atoms with Crippen LogP contribution in [0, 0.1) is 0 Å². The lowest BCUT2D eigenvalue weighted by atomic mass is 9.97. The fourth-order valence-corrected chi connectivity index (χ4v) is 6.21. The third-order valence-electron chi connectivity index (χ3n) is 8.20. The van der Waals surface area contributed by atoms with Gasteiger partial charge in [-0.25, -0.2) is 4.98 Å². The van der Waals surface area contributed by atoms with E-state index >= 15 is 0 Å². The van der Waals surface area contributed by atoms with Crippen LogP contribution in [0.5, 0.6) is 11.5 Å². The van der Waals surface area contributed by atoms with Crippen molar-refractivity contribution >= 4 is 28.5 Å². The molecule has 222 valence electrons. The zero-order valence-corrected chi connectivity index (χ0v) is 25.6. The number of amides is 1. The SMILES string of the molecule is CCCCN(C(=O)c1ccc(OC)c(OC)c1Cl)C(Cc1ccccc1CN1CCCCC1)c1nc2ccccc2[nH]1. The van der Waals surface area contributed by atoms with Gasteiger partial charge in [0.05, 0.1) is 41.9 Å². The van der Waals surface area contributed by atoms with Crippen LogP contribution < -0.4 is 9.47 Å². The number of hydrogen-bond donors (Lipinski definition) is 1. The molecular weight excluding hydrogens is 548 g/mol. The molecule has 1 aliphatic rings. The number of piperidine rings is 1. The third-order valence-corrected chi connectivity index (χ3v) is 8.58. The summed E-state index contributed by atoms with van der Waals surface area (Å²) in [6.45, 7) is 5.86. The van der Waals surface area contributed by atoms with Gasteiger partial charge < -0.3 is 19.4 Å². The van der Waals surface area contributed by atoms with Crippen LogP contribution in [0.15, 0.2) is 60.7 Å². The second-order valence-corrected chi connectivity index (χ2v) is 11.4. The maximum Gasteiger partial charge on any atom is 0.256 e. The number of H-pyrrole nitrogens is 1. The van der Waals surface area contributed by atoms with Crippen molar-refractivity contribution < 1.29 is 14.3 Å². The van der Waals surface area contributed by atoms with Gasteiger partial charge in [0.2, 0.25) is 0 Å². The highest BCUT2D eigenvalue weighted by molar-refractivity contribution is 6.35. The maximum absolute atomic E-state index is 14.5. The van der Waals surface area contributed by atoms with Crippen LogP contribution in [0.2, 0.25) is 5.02 Å². The number of carbonyl (C=O) groups excluding carboxylic acids is 1. The quantitative estimate of drug-likeness (QED) is 0.186. The number of methoxy groups -OCH3 is 2. The lowest BCUT2D eigenvalue weighted by Gasteiger charge is -2.33. The van der Waals surface area contributed by atoms with E-state index in [9.17, 15) is 4.79 Å². The molecule has 42 heavy (non-hydrogen) atoms. The number of para-hydroxylation sites is 2. The second kappa shape index (κ2) is 14.1. The highest BCUT2D eigenvalue weighted by Gasteiger charge is 2.31. The van der Waals surface area contributed by atoms with E-state index in [1.807, 2.05) is 29.2 Å². The highest BCUT2D eigenvalue weighted by Crippen LogP contribution is 2.39. The minimum Gasteiger partial charge on any atom is -0.493 e. The van der Waals surface area contributed by atoms with Crippen molar-refractivity contribution in [1.29, 1.82) is 0 Å². The topological polar surface area (TPSA) is 70.7 Å². The maximum atomic E-state index is 14.5. The second-order valence-electron chi connectivity index (χ2n) is 11.0. The van der Waals surface area contributed by atoms with E-state index in [0.717, 1.165) is 49.3 Å². The molecule has 1 amide bonds. The molecule has 1 saturated heterocycles. The smallest absolute Gasteiger partial charge is 0.256 e. The Kier molecular flexibility index (Phi) is 10.0. The van der Waals surface area contributed by atoms with Crippen molar-refractivity contribution in [3.8, 4) is 11.5 Å². The van der Waals surface area contributed by atoms with Gasteiger partial charge in [0, 0.05) is 19.5 Å². The molecule has 1 aromatic heterocycles. The summed E-state index contributed by atoms with van der Waals surface area (Å²) in [6.07, 6.45) is 6.22. The number of rotatable bonds is 12. The molecule has 5 rings (SSSR count). The van der Waals surface area contributed by atoms with E-state index in [1.165, 1.54) is 37.5 Å². The number of benzene rings is 3. The Morgan fingerprint density at radius 3 is 2.45 bits per heavy atom. The fraction of sp³-hybridized carbons (Fsp3) is 0.412. The average molecular weight is 589 g/mol. The number of aromatic amines is 1. The molecule has 1 unspecified atom stereocenters. The van der Waals surface area contributed by atoms with Gasteiger partial charge in [-0.2, -0.15) is 0 Å². The number of aromatic nitrogens is 2. The number of carbonyl (C=O) groups is 1. The molecule has 1 N–H and O–H groups in total. The van der Waals surface area contributed by atoms with E-state index in [4.69, 9.17) is 26.1 Å².